The summed E-state index contributed by atoms with van der Waals surface area (Å²) >= 11 is 0. The molecule has 0 spiro atoms. The molecular weight excluding hydrogens is 248 g/mol. The van der Waals surface area contributed by atoms with Crippen LogP contribution in [-0.2, 0) is 0 Å². The Labute approximate surface area is 115 Å². The third kappa shape index (κ3) is 1.51. The lowest BCUT2D eigenvalue weighted by Crippen LogP contribution is -1.90. The molecule has 0 aliphatic rings. The van der Waals surface area contributed by atoms with E-state index in [2.05, 4.69) is 45.1 Å². The molecule has 0 amide bonds. The lowest BCUT2D eigenvalue weighted by Gasteiger charge is -2.09. The molecule has 0 radical (unpaired) electrons. The fourth-order valence-corrected chi connectivity index (χ4v) is 2.65. The first-order chi connectivity index (χ1) is 9.84. The summed E-state index contributed by atoms with van der Waals surface area (Å²) in [6.07, 6.45) is 7.29. The third-order valence-corrected chi connectivity index (χ3v) is 3.69. The zero-order valence-corrected chi connectivity index (χ0v) is 11.0. The van der Waals surface area contributed by atoms with Crippen molar-refractivity contribution in [1.29, 1.82) is 0 Å². The quantitative estimate of drug-likeness (QED) is 0.570. The number of aryl methyl sites for hydroxylation is 1. The molecule has 4 aromatic rings. The van der Waals surface area contributed by atoms with Crippen LogP contribution in [0.25, 0.3) is 33.1 Å². The Balaban J connectivity index is 2.08. The summed E-state index contributed by atoms with van der Waals surface area (Å²) in [7, 11) is 0. The van der Waals surface area contributed by atoms with E-state index in [0.29, 0.717) is 0 Å². The van der Waals surface area contributed by atoms with E-state index >= 15 is 0 Å². The highest BCUT2D eigenvalue weighted by atomic mass is 14.9. The molecule has 96 valence electrons. The third-order valence-electron chi connectivity index (χ3n) is 3.69. The molecule has 0 bridgehead atoms. The van der Waals surface area contributed by atoms with Crippen LogP contribution in [0.5, 0.6) is 0 Å². The lowest BCUT2D eigenvalue weighted by atomic mass is 9.97. The zero-order chi connectivity index (χ0) is 13.5. The SMILES string of the molecule is Cc1c(-c2cccc3cnccc23)cnc2nc[nH]c12. The minimum atomic E-state index is 0.758. The molecule has 0 atom stereocenters. The standard InChI is InChI=1S/C16H12N4/c1-10-14(8-18-16-15(10)19-9-20-16)13-4-2-3-11-7-17-6-5-12(11)13/h2-9H,1H3,(H,18,19,20). The first-order valence-corrected chi connectivity index (χ1v) is 6.46. The first-order valence-electron chi connectivity index (χ1n) is 6.46. The normalized spacial score (nSPS) is 11.2. The van der Waals surface area contributed by atoms with Crippen LogP contribution in [-0.4, -0.2) is 19.9 Å². The number of H-pyrrole nitrogens is 1. The first kappa shape index (κ1) is 11.1. The Morgan fingerprint density at radius 3 is 2.90 bits per heavy atom. The van der Waals surface area contributed by atoms with Gasteiger partial charge in [-0.05, 0) is 29.5 Å². The molecule has 0 aliphatic carbocycles. The number of nitrogens with one attached hydrogen (secondary N) is 1. The second-order valence-electron chi connectivity index (χ2n) is 4.80. The average molecular weight is 260 g/mol. The van der Waals surface area contributed by atoms with Crippen LogP contribution in [0.2, 0.25) is 0 Å². The molecule has 20 heavy (non-hydrogen) atoms. The van der Waals surface area contributed by atoms with Crippen LogP contribution in [0.4, 0.5) is 0 Å². The summed E-state index contributed by atoms with van der Waals surface area (Å²) in [4.78, 5) is 16.0. The van der Waals surface area contributed by atoms with E-state index in [1.54, 1.807) is 6.33 Å². The van der Waals surface area contributed by atoms with E-state index in [-0.39, 0.29) is 0 Å². The number of imidazole rings is 1. The molecule has 1 aromatic carbocycles. The van der Waals surface area contributed by atoms with Gasteiger partial charge < -0.3 is 4.98 Å². The summed E-state index contributed by atoms with van der Waals surface area (Å²) < 4.78 is 0. The van der Waals surface area contributed by atoms with Gasteiger partial charge in [-0.3, -0.25) is 4.98 Å². The molecule has 0 fully saturated rings. The molecule has 4 heteroatoms. The van der Waals surface area contributed by atoms with Gasteiger partial charge in [0.05, 0.1) is 11.8 Å². The number of fused-ring (bicyclic) bond motifs is 2. The zero-order valence-electron chi connectivity index (χ0n) is 11.0. The smallest absolute Gasteiger partial charge is 0.177 e. The maximum absolute atomic E-state index is 4.43. The number of benzene rings is 1. The second-order valence-corrected chi connectivity index (χ2v) is 4.80. The predicted molar refractivity (Wildman–Crippen MR) is 79.4 cm³/mol. The summed E-state index contributed by atoms with van der Waals surface area (Å²) in [6, 6.07) is 8.29. The van der Waals surface area contributed by atoms with Crippen molar-refractivity contribution in [2.75, 3.05) is 0 Å². The monoisotopic (exact) mass is 260 g/mol. The molecular formula is C16H12N4. The predicted octanol–water partition coefficient (Wildman–Crippen LogP) is 3.48. The number of nitrogens with zero attached hydrogens (tertiary/aromatic N) is 3. The maximum Gasteiger partial charge on any atom is 0.177 e. The molecule has 4 nitrogen and oxygen atoms in total. The lowest BCUT2D eigenvalue weighted by molar-refractivity contribution is 1.30. The van der Waals surface area contributed by atoms with Gasteiger partial charge in [0.2, 0.25) is 0 Å². The van der Waals surface area contributed by atoms with E-state index in [0.717, 1.165) is 27.7 Å². The highest BCUT2D eigenvalue weighted by molar-refractivity contribution is 5.98. The van der Waals surface area contributed by atoms with Crippen molar-refractivity contribution in [2.24, 2.45) is 0 Å². The number of aromatic nitrogens is 4. The Morgan fingerprint density at radius 2 is 1.95 bits per heavy atom. The van der Waals surface area contributed by atoms with E-state index in [1.165, 1.54) is 10.9 Å². The number of hydrogen-bond acceptors (Lipinski definition) is 3. The van der Waals surface area contributed by atoms with Crippen molar-refractivity contribution in [3.63, 3.8) is 0 Å². The Bertz CT molecular complexity index is 919. The van der Waals surface area contributed by atoms with Gasteiger partial charge in [-0.2, -0.15) is 0 Å². The fourth-order valence-electron chi connectivity index (χ4n) is 2.65. The Morgan fingerprint density at radius 1 is 1.00 bits per heavy atom. The van der Waals surface area contributed by atoms with E-state index in [9.17, 15) is 0 Å². The number of pyridine rings is 2. The van der Waals surface area contributed by atoms with Gasteiger partial charge in [0.25, 0.3) is 0 Å². The Hall–Kier alpha value is -2.75. The second kappa shape index (κ2) is 4.13. The van der Waals surface area contributed by atoms with Crippen molar-refractivity contribution in [1.82, 2.24) is 19.9 Å². The summed E-state index contributed by atoms with van der Waals surface area (Å²) in [5.74, 6) is 0. The molecule has 3 aromatic heterocycles. The van der Waals surface area contributed by atoms with Crippen molar-refractivity contribution in [3.05, 3.63) is 54.7 Å². The minimum Gasteiger partial charge on any atom is -0.343 e. The maximum atomic E-state index is 4.43. The van der Waals surface area contributed by atoms with Gasteiger partial charge in [-0.15, -0.1) is 0 Å². The molecule has 3 heterocycles. The summed E-state index contributed by atoms with van der Waals surface area (Å²) in [5, 5.41) is 2.32. The molecule has 0 saturated carbocycles. The summed E-state index contributed by atoms with van der Waals surface area (Å²) in [5.41, 5.74) is 5.21. The number of aromatic amines is 1. The van der Waals surface area contributed by atoms with Crippen LogP contribution in [0.1, 0.15) is 5.56 Å². The van der Waals surface area contributed by atoms with Gasteiger partial charge in [-0.25, -0.2) is 9.97 Å². The van der Waals surface area contributed by atoms with Crippen LogP contribution >= 0.6 is 0 Å². The van der Waals surface area contributed by atoms with Crippen LogP contribution in [0, 0.1) is 6.92 Å². The number of hydrogen-bond donors (Lipinski definition) is 1. The van der Waals surface area contributed by atoms with Gasteiger partial charge in [0.1, 0.15) is 0 Å². The van der Waals surface area contributed by atoms with E-state index in [4.69, 9.17) is 0 Å². The van der Waals surface area contributed by atoms with Crippen molar-refractivity contribution in [3.8, 4) is 11.1 Å². The molecule has 0 unspecified atom stereocenters. The van der Waals surface area contributed by atoms with Gasteiger partial charge in [0, 0.05) is 29.5 Å². The minimum absolute atomic E-state index is 0.758. The topological polar surface area (TPSA) is 54.5 Å². The van der Waals surface area contributed by atoms with E-state index in [1.807, 2.05) is 24.7 Å². The highest BCUT2D eigenvalue weighted by Gasteiger charge is 2.10. The van der Waals surface area contributed by atoms with Crippen molar-refractivity contribution in [2.45, 2.75) is 6.92 Å². The Kier molecular flexibility index (Phi) is 2.29. The van der Waals surface area contributed by atoms with Crippen LogP contribution in [0.15, 0.2) is 49.2 Å². The molecule has 0 saturated heterocycles. The number of rotatable bonds is 1. The van der Waals surface area contributed by atoms with E-state index < -0.39 is 0 Å². The fraction of sp³-hybridized carbons (Fsp3) is 0.0625. The van der Waals surface area contributed by atoms with Crippen LogP contribution in [0.3, 0.4) is 0 Å². The molecule has 0 aliphatic heterocycles. The van der Waals surface area contributed by atoms with Crippen molar-refractivity contribution >= 4 is 21.9 Å². The van der Waals surface area contributed by atoms with Gasteiger partial charge in [0.15, 0.2) is 5.65 Å². The van der Waals surface area contributed by atoms with Gasteiger partial charge >= 0.3 is 0 Å². The summed E-state index contributed by atoms with van der Waals surface area (Å²) in [6.45, 7) is 2.09. The van der Waals surface area contributed by atoms with Crippen LogP contribution < -0.4 is 0 Å². The largest absolute Gasteiger partial charge is 0.343 e. The highest BCUT2D eigenvalue weighted by Crippen LogP contribution is 2.31. The average Bonchev–Trinajstić information content (AvgIpc) is 2.97. The molecule has 4 rings (SSSR count). The van der Waals surface area contributed by atoms with Gasteiger partial charge in [-0.1, -0.05) is 18.2 Å². The van der Waals surface area contributed by atoms with Crippen molar-refractivity contribution < 1.29 is 0 Å². The molecule has 1 N–H and O–H groups in total.